The molecule has 0 aliphatic heterocycles. The summed E-state index contributed by atoms with van der Waals surface area (Å²) in [5, 5.41) is 17.3. The summed E-state index contributed by atoms with van der Waals surface area (Å²) in [7, 11) is 0. The molecule has 0 amide bonds. The highest BCUT2D eigenvalue weighted by molar-refractivity contribution is 7.26. The number of furan rings is 1. The lowest BCUT2D eigenvalue weighted by atomic mass is 9.99. The van der Waals surface area contributed by atoms with E-state index in [-0.39, 0.29) is 0 Å². The smallest absolute Gasteiger partial charge is 0.211 e. The zero-order valence-electron chi connectivity index (χ0n) is 29.0. The molecular formula is C48H25N5OS. The third-order valence-electron chi connectivity index (χ3n) is 10.5. The maximum atomic E-state index is 10.8. The van der Waals surface area contributed by atoms with E-state index >= 15 is 0 Å². The molecule has 0 saturated carbocycles. The zero-order chi connectivity index (χ0) is 36.6. The molecular weight excluding hydrogens is 695 g/mol. The molecule has 7 heteroatoms. The highest BCUT2D eigenvalue weighted by Gasteiger charge is 2.24. The molecule has 254 valence electrons. The standard InChI is InChI=1S/C48H25N5OS/c1-50-38-26-29(22-25-40(38)53-39-19-8-5-14-30(39)33-23-24-34-31-15-6-9-20-41(31)54-46(34)45(33)53)44-37(27-49)43(28-12-3-2-4-13-28)51-48(52-44)36-18-11-17-35-32-16-7-10-21-42(32)55-47(35)36/h2-26H. The van der Waals surface area contributed by atoms with Gasteiger partial charge >= 0.3 is 0 Å². The second-order valence-electron chi connectivity index (χ2n) is 13.5. The van der Waals surface area contributed by atoms with Gasteiger partial charge in [-0.05, 0) is 48.0 Å². The Hall–Kier alpha value is -7.58. The van der Waals surface area contributed by atoms with E-state index in [0.29, 0.717) is 39.7 Å². The molecule has 4 heterocycles. The molecule has 4 aromatic heterocycles. The minimum absolute atomic E-state index is 0.350. The maximum Gasteiger partial charge on any atom is 0.211 e. The van der Waals surface area contributed by atoms with Crippen molar-refractivity contribution in [2.45, 2.75) is 0 Å². The first-order valence-corrected chi connectivity index (χ1v) is 18.7. The summed E-state index contributed by atoms with van der Waals surface area (Å²) in [5.41, 5.74) is 8.31. The van der Waals surface area contributed by atoms with E-state index in [0.717, 1.165) is 65.0 Å². The molecule has 11 rings (SSSR count). The summed E-state index contributed by atoms with van der Waals surface area (Å²) in [6.07, 6.45) is 0. The fraction of sp³-hybridized carbons (Fsp3) is 0. The van der Waals surface area contributed by atoms with Crippen LogP contribution in [0.5, 0.6) is 0 Å². The number of hydrogen-bond donors (Lipinski definition) is 0. The lowest BCUT2D eigenvalue weighted by molar-refractivity contribution is 0.671. The van der Waals surface area contributed by atoms with Gasteiger partial charge in [-0.2, -0.15) is 5.26 Å². The summed E-state index contributed by atoms with van der Waals surface area (Å²) in [4.78, 5) is 14.4. The number of hydrogen-bond acceptors (Lipinski definition) is 5. The van der Waals surface area contributed by atoms with Gasteiger partial charge in [0.15, 0.2) is 11.4 Å². The Labute approximate surface area is 318 Å². The van der Waals surface area contributed by atoms with E-state index in [2.05, 4.69) is 76.1 Å². The van der Waals surface area contributed by atoms with Crippen LogP contribution in [0, 0.1) is 17.9 Å². The first kappa shape index (κ1) is 31.0. The van der Waals surface area contributed by atoms with E-state index < -0.39 is 0 Å². The van der Waals surface area contributed by atoms with Crippen molar-refractivity contribution in [2.24, 2.45) is 0 Å². The van der Waals surface area contributed by atoms with Crippen molar-refractivity contribution in [2.75, 3.05) is 0 Å². The molecule has 6 nitrogen and oxygen atoms in total. The molecule has 0 aliphatic carbocycles. The Morgan fingerprint density at radius 2 is 1.35 bits per heavy atom. The van der Waals surface area contributed by atoms with Crippen LogP contribution < -0.4 is 0 Å². The Bertz CT molecular complexity index is 3470. The van der Waals surface area contributed by atoms with Gasteiger partial charge in [0, 0.05) is 52.8 Å². The second kappa shape index (κ2) is 12.0. The van der Waals surface area contributed by atoms with Gasteiger partial charge in [-0.25, -0.2) is 14.8 Å². The fourth-order valence-corrected chi connectivity index (χ4v) is 9.27. The molecule has 11 aromatic rings. The molecule has 0 aliphatic rings. The first-order chi connectivity index (χ1) is 27.2. The van der Waals surface area contributed by atoms with Crippen LogP contribution in [0.25, 0.3) is 108 Å². The normalized spacial score (nSPS) is 11.6. The van der Waals surface area contributed by atoms with E-state index in [1.54, 1.807) is 11.3 Å². The molecule has 0 radical (unpaired) electrons. The average molecular weight is 720 g/mol. The number of rotatable bonds is 4. The van der Waals surface area contributed by atoms with Crippen LogP contribution in [0.4, 0.5) is 5.69 Å². The fourth-order valence-electron chi connectivity index (χ4n) is 8.05. The highest BCUT2D eigenvalue weighted by Crippen LogP contribution is 2.44. The average Bonchev–Trinajstić information content (AvgIpc) is 3.93. The predicted molar refractivity (Wildman–Crippen MR) is 224 cm³/mol. The quantitative estimate of drug-likeness (QED) is 0.170. The Balaban J connectivity index is 1.17. The minimum Gasteiger partial charge on any atom is -0.454 e. The number of benzene rings is 7. The van der Waals surface area contributed by atoms with Gasteiger partial charge in [-0.15, -0.1) is 11.3 Å². The van der Waals surface area contributed by atoms with Crippen LogP contribution in [-0.2, 0) is 0 Å². The van der Waals surface area contributed by atoms with Crippen molar-refractivity contribution in [1.82, 2.24) is 14.5 Å². The van der Waals surface area contributed by atoms with Crippen LogP contribution in [0.3, 0.4) is 0 Å². The van der Waals surface area contributed by atoms with Crippen molar-refractivity contribution >= 4 is 80.9 Å². The third kappa shape index (κ3) is 4.58. The molecule has 0 saturated heterocycles. The largest absolute Gasteiger partial charge is 0.454 e. The lowest BCUT2D eigenvalue weighted by Crippen LogP contribution is -2.02. The number of nitriles is 1. The summed E-state index contributed by atoms with van der Waals surface area (Å²) < 4.78 is 11.0. The highest BCUT2D eigenvalue weighted by atomic mass is 32.1. The number of para-hydroxylation sites is 2. The van der Waals surface area contributed by atoms with Crippen LogP contribution in [0.1, 0.15) is 5.56 Å². The van der Waals surface area contributed by atoms with Gasteiger partial charge in [0.25, 0.3) is 0 Å². The Morgan fingerprint density at radius 1 is 0.636 bits per heavy atom. The van der Waals surface area contributed by atoms with Crippen molar-refractivity contribution in [3.05, 3.63) is 169 Å². The SMILES string of the molecule is [C-]#[N+]c1cc(-c2nc(-c3cccc4c3sc3ccccc34)nc(-c3ccccc3)c2C#N)ccc1-n1c2ccccc2c2ccc3c4ccccc4oc3c21. The number of fused-ring (bicyclic) bond motifs is 10. The molecule has 55 heavy (non-hydrogen) atoms. The van der Waals surface area contributed by atoms with Gasteiger partial charge in [-0.3, -0.25) is 0 Å². The summed E-state index contributed by atoms with van der Waals surface area (Å²) in [5.74, 6) is 0.521. The zero-order valence-corrected chi connectivity index (χ0v) is 29.8. The van der Waals surface area contributed by atoms with Gasteiger partial charge in [0.1, 0.15) is 17.2 Å². The van der Waals surface area contributed by atoms with E-state index in [9.17, 15) is 5.26 Å². The summed E-state index contributed by atoms with van der Waals surface area (Å²) >= 11 is 1.71. The lowest BCUT2D eigenvalue weighted by Gasteiger charge is -2.15. The number of thiophene rings is 1. The van der Waals surface area contributed by atoms with Crippen molar-refractivity contribution in [1.29, 1.82) is 5.26 Å². The summed E-state index contributed by atoms with van der Waals surface area (Å²) in [6.45, 7) is 8.50. The van der Waals surface area contributed by atoms with Crippen molar-refractivity contribution < 1.29 is 4.42 Å². The topological polar surface area (TPSA) is 72.0 Å². The van der Waals surface area contributed by atoms with E-state index in [1.165, 1.54) is 10.1 Å². The third-order valence-corrected chi connectivity index (χ3v) is 11.7. The van der Waals surface area contributed by atoms with Crippen molar-refractivity contribution in [3.8, 4) is 45.7 Å². The Morgan fingerprint density at radius 3 is 2.18 bits per heavy atom. The van der Waals surface area contributed by atoms with Gasteiger partial charge < -0.3 is 8.98 Å². The molecule has 0 fully saturated rings. The number of nitrogens with zero attached hydrogens (tertiary/aromatic N) is 5. The van der Waals surface area contributed by atoms with Crippen LogP contribution in [0.15, 0.2) is 156 Å². The maximum absolute atomic E-state index is 10.8. The molecule has 0 spiro atoms. The Kier molecular flexibility index (Phi) is 6.75. The van der Waals surface area contributed by atoms with E-state index in [1.807, 2.05) is 91.0 Å². The van der Waals surface area contributed by atoms with Gasteiger partial charge in [0.2, 0.25) is 5.69 Å². The second-order valence-corrected chi connectivity index (χ2v) is 14.5. The van der Waals surface area contributed by atoms with Crippen LogP contribution >= 0.6 is 11.3 Å². The molecule has 0 N–H and O–H groups in total. The molecule has 0 bridgehead atoms. The minimum atomic E-state index is 0.350. The molecule has 7 aromatic carbocycles. The first-order valence-electron chi connectivity index (χ1n) is 17.8. The van der Waals surface area contributed by atoms with Crippen molar-refractivity contribution in [3.63, 3.8) is 0 Å². The molecule has 0 atom stereocenters. The predicted octanol–water partition coefficient (Wildman–Crippen LogP) is 13.3. The van der Waals surface area contributed by atoms with Gasteiger partial charge in [0.05, 0.1) is 34.7 Å². The van der Waals surface area contributed by atoms with Crippen LogP contribution in [0.2, 0.25) is 0 Å². The summed E-state index contributed by atoms with van der Waals surface area (Å²) in [6, 6.07) is 53.2. The van der Waals surface area contributed by atoms with Gasteiger partial charge in [-0.1, -0.05) is 109 Å². The monoisotopic (exact) mass is 719 g/mol. The molecule has 0 unspecified atom stereocenters. The van der Waals surface area contributed by atoms with Crippen LogP contribution in [-0.4, -0.2) is 14.5 Å². The number of aromatic nitrogens is 3. The van der Waals surface area contributed by atoms with E-state index in [4.69, 9.17) is 21.0 Å².